The molecule has 1 unspecified atom stereocenters. The van der Waals surface area contributed by atoms with E-state index in [9.17, 15) is 0 Å². The van der Waals surface area contributed by atoms with Crippen molar-refractivity contribution < 1.29 is 0 Å². The lowest BCUT2D eigenvalue weighted by Crippen LogP contribution is -2.19. The first kappa shape index (κ1) is 15.0. The number of rotatable bonds is 7. The first-order valence-electron chi connectivity index (χ1n) is 6.15. The van der Waals surface area contributed by atoms with Gasteiger partial charge in [0, 0.05) is 19.0 Å². The molecule has 1 atom stereocenters. The molecule has 0 aliphatic rings. The Morgan fingerprint density at radius 2 is 2.18 bits per heavy atom. The van der Waals surface area contributed by atoms with Gasteiger partial charge in [0.2, 0.25) is 0 Å². The van der Waals surface area contributed by atoms with Gasteiger partial charge >= 0.3 is 0 Å². The Morgan fingerprint density at radius 1 is 1.47 bits per heavy atom. The second-order valence-corrected chi connectivity index (χ2v) is 5.57. The van der Waals surface area contributed by atoms with Crippen LogP contribution in [-0.4, -0.2) is 21.7 Å². The van der Waals surface area contributed by atoms with Gasteiger partial charge in [-0.2, -0.15) is 5.10 Å². The van der Waals surface area contributed by atoms with Crippen molar-refractivity contribution in [2.24, 2.45) is 7.05 Å². The van der Waals surface area contributed by atoms with Gasteiger partial charge in [-0.3, -0.25) is 4.68 Å². The van der Waals surface area contributed by atoms with Crippen LogP contribution in [0.2, 0.25) is 0 Å². The summed E-state index contributed by atoms with van der Waals surface area (Å²) in [6.45, 7) is 6.00. The zero-order valence-corrected chi connectivity index (χ0v) is 13.1. The fraction of sp³-hybridized carbons (Fsp3) is 0.750. The molecule has 3 nitrogen and oxygen atoms in total. The second kappa shape index (κ2) is 7.39. The van der Waals surface area contributed by atoms with Crippen LogP contribution < -0.4 is 5.32 Å². The topological polar surface area (TPSA) is 29.9 Å². The molecule has 0 aliphatic carbocycles. The number of alkyl halides is 1. The third kappa shape index (κ3) is 4.27. The molecule has 0 spiro atoms. The Kier molecular flexibility index (Phi) is 6.52. The van der Waals surface area contributed by atoms with Crippen molar-refractivity contribution in [3.8, 4) is 0 Å². The molecule has 0 amide bonds. The van der Waals surface area contributed by atoms with Crippen molar-refractivity contribution in [2.75, 3.05) is 6.54 Å². The maximum absolute atomic E-state index is 6.07. The number of halogens is 2. The average Bonchev–Trinajstić information content (AvgIpc) is 2.60. The molecular formula is C12H21BrClN3. The summed E-state index contributed by atoms with van der Waals surface area (Å²) in [5.41, 5.74) is 2.32. The van der Waals surface area contributed by atoms with E-state index in [0.29, 0.717) is 0 Å². The van der Waals surface area contributed by atoms with Crippen LogP contribution in [-0.2, 0) is 20.0 Å². The van der Waals surface area contributed by atoms with Gasteiger partial charge < -0.3 is 5.32 Å². The van der Waals surface area contributed by atoms with E-state index in [0.717, 1.165) is 42.5 Å². The molecule has 0 aromatic carbocycles. The van der Waals surface area contributed by atoms with E-state index in [4.69, 9.17) is 11.6 Å². The smallest absolute Gasteiger partial charge is 0.0767 e. The van der Waals surface area contributed by atoms with Crippen molar-refractivity contribution in [1.82, 2.24) is 15.1 Å². The van der Waals surface area contributed by atoms with E-state index in [1.807, 2.05) is 11.7 Å². The van der Waals surface area contributed by atoms with Crippen LogP contribution in [0.3, 0.4) is 0 Å². The van der Waals surface area contributed by atoms with Gasteiger partial charge in [-0.05, 0) is 41.7 Å². The summed E-state index contributed by atoms with van der Waals surface area (Å²) in [6, 6.07) is 0. The number of nitrogens with one attached hydrogen (secondary N) is 1. The highest BCUT2D eigenvalue weighted by Gasteiger charge is 2.11. The van der Waals surface area contributed by atoms with Crippen molar-refractivity contribution in [3.63, 3.8) is 0 Å². The van der Waals surface area contributed by atoms with Gasteiger partial charge in [0.05, 0.1) is 15.9 Å². The fourth-order valence-electron chi connectivity index (χ4n) is 1.68. The summed E-state index contributed by atoms with van der Waals surface area (Å²) in [5, 5.41) is 8.15. The molecule has 0 aliphatic heterocycles. The molecule has 1 aromatic rings. The third-order valence-electron chi connectivity index (χ3n) is 2.87. The van der Waals surface area contributed by atoms with E-state index < -0.39 is 0 Å². The number of nitrogens with zero attached hydrogens (tertiary/aromatic N) is 2. The highest BCUT2D eigenvalue weighted by Crippen LogP contribution is 2.21. The Labute approximate surface area is 117 Å². The van der Waals surface area contributed by atoms with Gasteiger partial charge in [-0.25, -0.2) is 0 Å². The molecule has 0 radical (unpaired) electrons. The van der Waals surface area contributed by atoms with E-state index in [1.54, 1.807) is 0 Å². The number of aromatic nitrogens is 2. The number of hydrogen-bond acceptors (Lipinski definition) is 2. The van der Waals surface area contributed by atoms with Crippen LogP contribution in [0.4, 0.5) is 0 Å². The van der Waals surface area contributed by atoms with Crippen LogP contribution in [0.5, 0.6) is 0 Å². The first-order valence-corrected chi connectivity index (χ1v) is 7.38. The van der Waals surface area contributed by atoms with Gasteiger partial charge in [-0.1, -0.05) is 13.8 Å². The summed E-state index contributed by atoms with van der Waals surface area (Å²) in [5.74, 6) is 0. The van der Waals surface area contributed by atoms with Crippen LogP contribution >= 0.6 is 27.5 Å². The van der Waals surface area contributed by atoms with E-state index in [1.165, 1.54) is 5.69 Å². The van der Waals surface area contributed by atoms with Gasteiger partial charge in [0.1, 0.15) is 0 Å². The van der Waals surface area contributed by atoms with Crippen LogP contribution in [0, 0.1) is 0 Å². The summed E-state index contributed by atoms with van der Waals surface area (Å²) >= 11 is 9.68. The third-order valence-corrected chi connectivity index (χ3v) is 4.31. The molecule has 1 rings (SSSR count). The fourth-order valence-corrected chi connectivity index (χ4v) is 2.55. The highest BCUT2D eigenvalue weighted by atomic mass is 79.9. The van der Waals surface area contributed by atoms with E-state index >= 15 is 0 Å². The van der Waals surface area contributed by atoms with Crippen LogP contribution in [0.15, 0.2) is 4.47 Å². The molecule has 0 fully saturated rings. The standard InChI is InChI=1S/C12H21BrClN3/c1-4-9(14)6-7-15-8-11-12(13)10(5-2)16-17(11)3/h9,15H,4-8H2,1-3H3. The van der Waals surface area contributed by atoms with Crippen LogP contribution in [0.25, 0.3) is 0 Å². The summed E-state index contributed by atoms with van der Waals surface area (Å²) in [4.78, 5) is 0. The number of aryl methyl sites for hydroxylation is 2. The normalized spacial score (nSPS) is 13.0. The van der Waals surface area contributed by atoms with E-state index in [-0.39, 0.29) is 5.38 Å². The minimum atomic E-state index is 0.281. The molecule has 0 saturated heterocycles. The lowest BCUT2D eigenvalue weighted by molar-refractivity contribution is 0.590. The quantitative estimate of drug-likeness (QED) is 0.617. The minimum Gasteiger partial charge on any atom is -0.311 e. The molecule has 5 heteroatoms. The summed E-state index contributed by atoms with van der Waals surface area (Å²) in [7, 11) is 1.98. The van der Waals surface area contributed by atoms with E-state index in [2.05, 4.69) is 40.2 Å². The Hall–Kier alpha value is -0.0600. The first-order chi connectivity index (χ1) is 8.10. The maximum atomic E-state index is 6.07. The Bertz CT molecular complexity index is 352. The van der Waals surface area contributed by atoms with Crippen molar-refractivity contribution in [1.29, 1.82) is 0 Å². The monoisotopic (exact) mass is 321 g/mol. The molecule has 0 saturated carbocycles. The van der Waals surface area contributed by atoms with Crippen molar-refractivity contribution >= 4 is 27.5 Å². The van der Waals surface area contributed by atoms with Gasteiger partial charge in [0.25, 0.3) is 0 Å². The summed E-state index contributed by atoms with van der Waals surface area (Å²) < 4.78 is 3.07. The minimum absolute atomic E-state index is 0.281. The average molecular weight is 323 g/mol. The molecule has 1 N–H and O–H groups in total. The highest BCUT2D eigenvalue weighted by molar-refractivity contribution is 9.10. The molecule has 1 heterocycles. The lowest BCUT2D eigenvalue weighted by Gasteiger charge is -2.08. The molecule has 17 heavy (non-hydrogen) atoms. The SMILES string of the molecule is CCc1nn(C)c(CNCCC(Cl)CC)c1Br. The van der Waals surface area contributed by atoms with Gasteiger partial charge in [0.15, 0.2) is 0 Å². The largest absolute Gasteiger partial charge is 0.311 e. The zero-order chi connectivity index (χ0) is 12.8. The van der Waals surface area contributed by atoms with Crippen molar-refractivity contribution in [3.05, 3.63) is 15.9 Å². The van der Waals surface area contributed by atoms with Crippen LogP contribution in [0.1, 0.15) is 38.1 Å². The predicted octanol–water partition coefficient (Wildman–Crippen LogP) is 3.24. The Morgan fingerprint density at radius 3 is 2.71 bits per heavy atom. The molecular weight excluding hydrogens is 302 g/mol. The molecule has 1 aromatic heterocycles. The Balaban J connectivity index is 2.44. The zero-order valence-electron chi connectivity index (χ0n) is 10.8. The predicted molar refractivity (Wildman–Crippen MR) is 76.5 cm³/mol. The second-order valence-electron chi connectivity index (χ2n) is 4.16. The summed E-state index contributed by atoms with van der Waals surface area (Å²) in [6.07, 6.45) is 2.99. The molecule has 0 bridgehead atoms. The number of hydrogen-bond donors (Lipinski definition) is 1. The van der Waals surface area contributed by atoms with Crippen molar-refractivity contribution in [2.45, 2.75) is 45.0 Å². The maximum Gasteiger partial charge on any atom is 0.0767 e. The lowest BCUT2D eigenvalue weighted by atomic mass is 10.2. The van der Waals surface area contributed by atoms with Gasteiger partial charge in [-0.15, -0.1) is 11.6 Å². The molecule has 98 valence electrons.